The fourth-order valence-corrected chi connectivity index (χ4v) is 7.15. The summed E-state index contributed by atoms with van der Waals surface area (Å²) >= 11 is 0. The lowest BCUT2D eigenvalue weighted by Gasteiger charge is -2.39. The summed E-state index contributed by atoms with van der Waals surface area (Å²) in [4.78, 5) is 24.4. The Morgan fingerprint density at radius 2 is 1.95 bits per heavy atom. The minimum Gasteiger partial charge on any atom is -0.492 e. The molecule has 1 fully saturated rings. The average Bonchev–Trinajstić information content (AvgIpc) is 3.52. The van der Waals surface area contributed by atoms with Gasteiger partial charge in [0.05, 0.1) is 42.6 Å². The second kappa shape index (κ2) is 8.47. The SMILES string of the molecule is CC(C)N1Cc2cc(-c3cnn(C4CCS(=O)(=O)CC4)c3)c3c(c2-c2cc(=O)c(C(=O)O)cn21)CCO3. The van der Waals surface area contributed by atoms with Crippen molar-refractivity contribution in [1.29, 1.82) is 0 Å². The van der Waals surface area contributed by atoms with Crippen molar-refractivity contribution in [3.8, 4) is 28.1 Å². The number of nitrogens with zero attached hydrogens (tertiary/aromatic N) is 4. The van der Waals surface area contributed by atoms with Gasteiger partial charge in [-0.1, -0.05) is 0 Å². The monoisotopic (exact) mass is 524 g/mol. The first-order valence-corrected chi connectivity index (χ1v) is 14.3. The molecule has 3 aliphatic rings. The Kier molecular flexibility index (Phi) is 5.45. The second-order valence-electron chi connectivity index (χ2n) is 10.2. The summed E-state index contributed by atoms with van der Waals surface area (Å²) in [5.74, 6) is -0.134. The number of hydrogen-bond acceptors (Lipinski definition) is 7. The lowest BCUT2D eigenvalue weighted by atomic mass is 9.89. The van der Waals surface area contributed by atoms with Crippen LogP contribution in [0, 0.1) is 0 Å². The summed E-state index contributed by atoms with van der Waals surface area (Å²) in [7, 11) is -2.96. The van der Waals surface area contributed by atoms with E-state index in [1.165, 1.54) is 12.3 Å². The average molecular weight is 525 g/mol. The Labute approximate surface area is 214 Å². The Balaban J connectivity index is 1.47. The van der Waals surface area contributed by atoms with E-state index in [0.717, 1.165) is 33.6 Å². The van der Waals surface area contributed by atoms with Crippen molar-refractivity contribution < 1.29 is 23.1 Å². The maximum atomic E-state index is 12.7. The third-order valence-electron chi connectivity index (χ3n) is 7.59. The Morgan fingerprint density at radius 3 is 2.65 bits per heavy atom. The lowest BCUT2D eigenvalue weighted by molar-refractivity contribution is 0.0694. The van der Waals surface area contributed by atoms with Crippen LogP contribution in [0.2, 0.25) is 0 Å². The van der Waals surface area contributed by atoms with E-state index < -0.39 is 21.2 Å². The molecule has 0 spiro atoms. The largest absolute Gasteiger partial charge is 0.492 e. The van der Waals surface area contributed by atoms with E-state index in [4.69, 9.17) is 4.74 Å². The molecule has 0 radical (unpaired) electrons. The van der Waals surface area contributed by atoms with Crippen LogP contribution in [-0.4, -0.2) is 58.1 Å². The van der Waals surface area contributed by atoms with Crippen molar-refractivity contribution >= 4 is 15.8 Å². The predicted molar refractivity (Wildman–Crippen MR) is 137 cm³/mol. The zero-order valence-corrected chi connectivity index (χ0v) is 21.5. The molecule has 0 atom stereocenters. The van der Waals surface area contributed by atoms with Crippen LogP contribution in [-0.2, 0) is 22.8 Å². The first-order valence-electron chi connectivity index (χ1n) is 12.5. The fraction of sp³-hybridized carbons (Fsp3) is 0.423. The zero-order valence-electron chi connectivity index (χ0n) is 20.7. The number of sulfone groups is 1. The highest BCUT2D eigenvalue weighted by Gasteiger charge is 2.33. The van der Waals surface area contributed by atoms with Gasteiger partial charge in [0.2, 0.25) is 0 Å². The van der Waals surface area contributed by atoms with Gasteiger partial charge in [0.1, 0.15) is 21.2 Å². The van der Waals surface area contributed by atoms with Crippen LogP contribution in [0.5, 0.6) is 5.75 Å². The normalized spacial score (nSPS) is 18.3. The molecule has 0 bridgehead atoms. The highest BCUT2D eigenvalue weighted by molar-refractivity contribution is 7.91. The minimum atomic E-state index is -2.96. The molecule has 5 heterocycles. The number of carbonyl (C=O) groups is 1. The van der Waals surface area contributed by atoms with E-state index in [1.807, 2.05) is 29.7 Å². The number of aromatic nitrogens is 3. The fourth-order valence-electron chi connectivity index (χ4n) is 5.68. The third kappa shape index (κ3) is 3.92. The molecule has 1 saturated heterocycles. The van der Waals surface area contributed by atoms with E-state index >= 15 is 0 Å². The molecule has 3 aromatic rings. The first-order chi connectivity index (χ1) is 17.6. The third-order valence-corrected chi connectivity index (χ3v) is 9.31. The van der Waals surface area contributed by atoms with Gasteiger partial charge in [0.25, 0.3) is 0 Å². The van der Waals surface area contributed by atoms with Gasteiger partial charge < -0.3 is 14.9 Å². The summed E-state index contributed by atoms with van der Waals surface area (Å²) in [6, 6.07) is 3.60. The molecule has 0 amide bonds. The van der Waals surface area contributed by atoms with Crippen LogP contribution >= 0.6 is 0 Å². The van der Waals surface area contributed by atoms with E-state index in [1.54, 1.807) is 10.9 Å². The van der Waals surface area contributed by atoms with E-state index in [-0.39, 0.29) is 29.2 Å². The molecular weight excluding hydrogens is 496 g/mol. The molecule has 0 aliphatic carbocycles. The summed E-state index contributed by atoms with van der Waals surface area (Å²) in [5.41, 5.74) is 4.66. The second-order valence-corrected chi connectivity index (χ2v) is 12.5. The first kappa shape index (κ1) is 23.8. The van der Waals surface area contributed by atoms with Gasteiger partial charge in [-0.15, -0.1) is 0 Å². The highest BCUT2D eigenvalue weighted by atomic mass is 32.2. The van der Waals surface area contributed by atoms with Crippen LogP contribution in [0.15, 0.2) is 35.5 Å². The molecular formula is C26H28N4O6S. The maximum absolute atomic E-state index is 12.7. The number of ether oxygens (including phenoxy) is 1. The number of hydrogen-bond donors (Lipinski definition) is 1. The van der Waals surface area contributed by atoms with Gasteiger partial charge in [-0.25, -0.2) is 13.2 Å². The number of carboxylic acids is 1. The molecule has 6 rings (SSSR count). The molecule has 1 N–H and O–H groups in total. The van der Waals surface area contributed by atoms with Crippen LogP contribution in [0.1, 0.15) is 54.2 Å². The van der Waals surface area contributed by atoms with Crippen molar-refractivity contribution in [3.63, 3.8) is 0 Å². The van der Waals surface area contributed by atoms with E-state index in [9.17, 15) is 23.1 Å². The Hall–Kier alpha value is -3.60. The van der Waals surface area contributed by atoms with Crippen LogP contribution in [0.4, 0.5) is 0 Å². The molecule has 1 aromatic carbocycles. The van der Waals surface area contributed by atoms with Gasteiger partial charge in [-0.2, -0.15) is 5.10 Å². The van der Waals surface area contributed by atoms with Crippen molar-refractivity contribution in [3.05, 3.63) is 57.6 Å². The smallest absolute Gasteiger partial charge is 0.341 e. The Morgan fingerprint density at radius 1 is 1.19 bits per heavy atom. The van der Waals surface area contributed by atoms with Gasteiger partial charge in [-0.05, 0) is 38.3 Å². The predicted octanol–water partition coefficient (Wildman–Crippen LogP) is 2.62. The lowest BCUT2D eigenvalue weighted by Crippen LogP contribution is -2.44. The highest BCUT2D eigenvalue weighted by Crippen LogP contribution is 2.46. The van der Waals surface area contributed by atoms with Crippen molar-refractivity contribution in [2.45, 2.75) is 51.7 Å². The number of aromatic carboxylic acids is 1. The molecule has 0 saturated carbocycles. The molecule has 2 aromatic heterocycles. The molecule has 11 heteroatoms. The van der Waals surface area contributed by atoms with Crippen molar-refractivity contribution in [2.75, 3.05) is 23.1 Å². The summed E-state index contributed by atoms with van der Waals surface area (Å²) in [5, 5.41) is 16.2. The van der Waals surface area contributed by atoms with E-state index in [0.29, 0.717) is 38.1 Å². The van der Waals surface area contributed by atoms with Gasteiger partial charge in [0, 0.05) is 53.2 Å². The zero-order chi connectivity index (χ0) is 26.1. The number of pyridine rings is 1. The van der Waals surface area contributed by atoms with Crippen LogP contribution in [0.3, 0.4) is 0 Å². The summed E-state index contributed by atoms with van der Waals surface area (Å²) < 4.78 is 33.5. The standard InChI is InChI=1S/C26H28N4O6S/c1-15(2)29-13-16-9-20(17-11-27-28(12-17)18-4-7-37(34,35)8-5-18)25-19(3-6-36-25)24(16)22-10-23(31)21(26(32)33)14-30(22)29/h9-12,14-15,18H,3-8,13H2,1-2H3,(H,32,33). The number of carboxylic acid groups (broad SMARTS) is 1. The van der Waals surface area contributed by atoms with Gasteiger partial charge >= 0.3 is 5.97 Å². The number of benzene rings is 1. The van der Waals surface area contributed by atoms with E-state index in [2.05, 4.69) is 11.2 Å². The number of fused-ring (bicyclic) bond motifs is 5. The van der Waals surface area contributed by atoms with Gasteiger partial charge in [-0.3, -0.25) is 14.2 Å². The van der Waals surface area contributed by atoms with Crippen molar-refractivity contribution in [2.24, 2.45) is 0 Å². The van der Waals surface area contributed by atoms with Crippen LogP contribution in [0.25, 0.3) is 22.4 Å². The summed E-state index contributed by atoms with van der Waals surface area (Å²) in [6.45, 7) is 5.10. The number of rotatable bonds is 4. The quantitative estimate of drug-likeness (QED) is 0.553. The van der Waals surface area contributed by atoms with Gasteiger partial charge in [0.15, 0.2) is 5.43 Å². The molecule has 10 nitrogen and oxygen atoms in total. The summed E-state index contributed by atoms with van der Waals surface area (Å²) in [6.07, 6.45) is 6.97. The topological polar surface area (TPSA) is 124 Å². The molecule has 194 valence electrons. The molecule has 3 aliphatic heterocycles. The molecule has 37 heavy (non-hydrogen) atoms. The Bertz CT molecular complexity index is 1590. The minimum absolute atomic E-state index is 0.0440. The van der Waals surface area contributed by atoms with Crippen molar-refractivity contribution in [1.82, 2.24) is 14.5 Å². The maximum Gasteiger partial charge on any atom is 0.341 e. The van der Waals surface area contributed by atoms with Crippen LogP contribution < -0.4 is 15.2 Å². The molecule has 0 unspecified atom stereocenters.